The van der Waals surface area contributed by atoms with Crippen molar-refractivity contribution >= 4 is 26.5 Å². The van der Waals surface area contributed by atoms with Crippen LogP contribution >= 0.6 is 11.3 Å². The minimum atomic E-state index is 0.573. The molecule has 2 heterocycles. The molecule has 4 rings (SSSR count). The lowest BCUT2D eigenvalue weighted by atomic mass is 10.1. The monoisotopic (exact) mass is 307 g/mol. The van der Waals surface area contributed by atoms with Crippen molar-refractivity contribution in [2.45, 2.75) is 19.9 Å². The number of hydrogen-bond donors (Lipinski definition) is 1. The topological polar surface area (TPSA) is 43.3 Å². The van der Waals surface area contributed by atoms with Crippen LogP contribution in [0, 0.1) is 0 Å². The van der Waals surface area contributed by atoms with Crippen molar-refractivity contribution in [1.82, 2.24) is 9.38 Å². The van der Waals surface area contributed by atoms with Crippen LogP contribution < -0.4 is 5.73 Å². The third-order valence-corrected chi connectivity index (χ3v) is 5.07. The van der Waals surface area contributed by atoms with E-state index < -0.39 is 0 Å². The van der Waals surface area contributed by atoms with Crippen molar-refractivity contribution in [2.24, 2.45) is 5.73 Å². The normalized spacial score (nSPS) is 11.5. The number of nitrogens with two attached hydrogens (primary N) is 1. The molecule has 0 radical (unpaired) electrons. The maximum absolute atomic E-state index is 5.68. The molecule has 0 spiro atoms. The highest BCUT2D eigenvalue weighted by atomic mass is 32.1. The van der Waals surface area contributed by atoms with E-state index in [4.69, 9.17) is 10.7 Å². The van der Waals surface area contributed by atoms with E-state index in [-0.39, 0.29) is 0 Å². The van der Waals surface area contributed by atoms with E-state index in [1.165, 1.54) is 15.9 Å². The highest BCUT2D eigenvalue weighted by molar-refractivity contribution is 7.23. The van der Waals surface area contributed by atoms with Crippen LogP contribution in [0.2, 0.25) is 0 Å². The number of rotatable bonds is 3. The van der Waals surface area contributed by atoms with Crippen LogP contribution in [0.4, 0.5) is 0 Å². The Balaban J connectivity index is 1.97. The Morgan fingerprint density at radius 3 is 2.59 bits per heavy atom. The molecule has 0 atom stereocenters. The standard InChI is InChI=1S/C18H17N3S/c1-2-14-17(13-9-7-12(11-19)8-10-13)20-18-21(14)15-5-3-4-6-16(15)22-18/h3-10H,2,11,19H2,1H3. The van der Waals surface area contributed by atoms with Gasteiger partial charge in [0.25, 0.3) is 0 Å². The zero-order chi connectivity index (χ0) is 15.1. The molecule has 0 saturated heterocycles. The second-order valence-corrected chi connectivity index (χ2v) is 6.36. The minimum absolute atomic E-state index is 0.573. The zero-order valence-electron chi connectivity index (χ0n) is 12.4. The maximum atomic E-state index is 5.68. The van der Waals surface area contributed by atoms with E-state index in [1.807, 2.05) is 0 Å². The van der Waals surface area contributed by atoms with Gasteiger partial charge in [-0.2, -0.15) is 0 Å². The van der Waals surface area contributed by atoms with Crippen molar-refractivity contribution in [3.63, 3.8) is 0 Å². The molecule has 0 aliphatic rings. The zero-order valence-corrected chi connectivity index (χ0v) is 13.2. The van der Waals surface area contributed by atoms with Gasteiger partial charge in [-0.3, -0.25) is 4.40 Å². The van der Waals surface area contributed by atoms with Crippen molar-refractivity contribution in [1.29, 1.82) is 0 Å². The molecule has 4 aromatic rings. The van der Waals surface area contributed by atoms with Gasteiger partial charge in [-0.15, -0.1) is 0 Å². The lowest BCUT2D eigenvalue weighted by molar-refractivity contribution is 1.03. The van der Waals surface area contributed by atoms with E-state index in [0.717, 1.165) is 28.2 Å². The van der Waals surface area contributed by atoms with Gasteiger partial charge in [-0.25, -0.2) is 4.98 Å². The number of benzene rings is 2. The third-order valence-electron chi connectivity index (χ3n) is 4.05. The van der Waals surface area contributed by atoms with Crippen LogP contribution in [-0.2, 0) is 13.0 Å². The van der Waals surface area contributed by atoms with Gasteiger partial charge in [-0.1, -0.05) is 54.7 Å². The quantitative estimate of drug-likeness (QED) is 0.615. The van der Waals surface area contributed by atoms with Crippen LogP contribution in [0.3, 0.4) is 0 Å². The van der Waals surface area contributed by atoms with Crippen molar-refractivity contribution in [3.05, 3.63) is 59.8 Å². The number of imidazole rings is 1. The number of thiazole rings is 1. The molecule has 0 fully saturated rings. The summed E-state index contributed by atoms with van der Waals surface area (Å²) in [7, 11) is 0. The molecule has 4 heteroatoms. The fraction of sp³-hybridized carbons (Fsp3) is 0.167. The second-order valence-electron chi connectivity index (χ2n) is 5.35. The van der Waals surface area contributed by atoms with Gasteiger partial charge in [-0.05, 0) is 24.1 Å². The van der Waals surface area contributed by atoms with Gasteiger partial charge in [0.1, 0.15) is 0 Å². The highest BCUT2D eigenvalue weighted by Gasteiger charge is 2.16. The summed E-state index contributed by atoms with van der Waals surface area (Å²) in [5, 5.41) is 0. The molecule has 0 aliphatic heterocycles. The van der Waals surface area contributed by atoms with Gasteiger partial charge in [0.2, 0.25) is 0 Å². The molecule has 0 saturated carbocycles. The Morgan fingerprint density at radius 2 is 1.86 bits per heavy atom. The SMILES string of the molecule is CCc1c(-c2ccc(CN)cc2)nc2sc3ccccc3n12. The summed E-state index contributed by atoms with van der Waals surface area (Å²) < 4.78 is 3.58. The summed E-state index contributed by atoms with van der Waals surface area (Å²) in [5.41, 5.74) is 11.6. The van der Waals surface area contributed by atoms with E-state index in [1.54, 1.807) is 11.3 Å². The molecule has 2 N–H and O–H groups in total. The van der Waals surface area contributed by atoms with Crippen molar-refractivity contribution in [3.8, 4) is 11.3 Å². The maximum Gasteiger partial charge on any atom is 0.195 e. The number of hydrogen-bond acceptors (Lipinski definition) is 3. The largest absolute Gasteiger partial charge is 0.326 e. The lowest BCUT2D eigenvalue weighted by Crippen LogP contribution is -1.96. The number of fused-ring (bicyclic) bond motifs is 3. The molecule has 0 bridgehead atoms. The fourth-order valence-electron chi connectivity index (χ4n) is 2.93. The van der Waals surface area contributed by atoms with Crippen LogP contribution in [0.5, 0.6) is 0 Å². The molecule has 2 aromatic carbocycles. The van der Waals surface area contributed by atoms with E-state index >= 15 is 0 Å². The average Bonchev–Trinajstić information content (AvgIpc) is 3.10. The average molecular weight is 307 g/mol. The Kier molecular flexibility index (Phi) is 3.21. The highest BCUT2D eigenvalue weighted by Crippen LogP contribution is 2.33. The molecular weight excluding hydrogens is 290 g/mol. The Hall–Kier alpha value is -2.17. The molecule has 22 heavy (non-hydrogen) atoms. The summed E-state index contributed by atoms with van der Waals surface area (Å²) in [4.78, 5) is 5.96. The first-order valence-electron chi connectivity index (χ1n) is 7.50. The lowest BCUT2D eigenvalue weighted by Gasteiger charge is -2.04. The van der Waals surface area contributed by atoms with Crippen LogP contribution in [0.1, 0.15) is 18.2 Å². The van der Waals surface area contributed by atoms with Crippen molar-refractivity contribution < 1.29 is 0 Å². The Bertz CT molecular complexity index is 948. The van der Waals surface area contributed by atoms with Gasteiger partial charge < -0.3 is 5.73 Å². The fourth-order valence-corrected chi connectivity index (χ4v) is 3.97. The predicted molar refractivity (Wildman–Crippen MR) is 93.3 cm³/mol. The second kappa shape index (κ2) is 5.23. The van der Waals surface area contributed by atoms with Crippen molar-refractivity contribution in [2.75, 3.05) is 0 Å². The first-order chi connectivity index (χ1) is 10.8. The van der Waals surface area contributed by atoms with Gasteiger partial charge in [0.15, 0.2) is 4.96 Å². The summed E-state index contributed by atoms with van der Waals surface area (Å²) in [5.74, 6) is 0. The number of para-hydroxylation sites is 1. The molecule has 0 amide bonds. The third kappa shape index (κ3) is 1.95. The van der Waals surface area contributed by atoms with Crippen LogP contribution in [0.25, 0.3) is 26.4 Å². The molecule has 2 aromatic heterocycles. The number of nitrogens with zero attached hydrogens (tertiary/aromatic N) is 2. The van der Waals surface area contributed by atoms with Gasteiger partial charge in [0.05, 0.1) is 21.6 Å². The predicted octanol–water partition coefficient (Wildman–Crippen LogP) is 4.24. The first kappa shape index (κ1) is 13.5. The Morgan fingerprint density at radius 1 is 1.09 bits per heavy atom. The summed E-state index contributed by atoms with van der Waals surface area (Å²) in [6.45, 7) is 2.76. The van der Waals surface area contributed by atoms with E-state index in [2.05, 4.69) is 59.9 Å². The van der Waals surface area contributed by atoms with Crippen LogP contribution in [-0.4, -0.2) is 9.38 Å². The summed E-state index contributed by atoms with van der Waals surface area (Å²) in [6.07, 6.45) is 0.954. The molecule has 110 valence electrons. The summed E-state index contributed by atoms with van der Waals surface area (Å²) >= 11 is 1.75. The molecule has 0 aliphatic carbocycles. The van der Waals surface area contributed by atoms with Gasteiger partial charge >= 0.3 is 0 Å². The summed E-state index contributed by atoms with van der Waals surface area (Å²) in [6, 6.07) is 16.9. The van der Waals surface area contributed by atoms with E-state index in [9.17, 15) is 0 Å². The van der Waals surface area contributed by atoms with E-state index in [0.29, 0.717) is 6.54 Å². The van der Waals surface area contributed by atoms with Crippen LogP contribution in [0.15, 0.2) is 48.5 Å². The number of aromatic nitrogens is 2. The minimum Gasteiger partial charge on any atom is -0.326 e. The molecule has 0 unspecified atom stereocenters. The Labute approximate surface area is 133 Å². The van der Waals surface area contributed by atoms with Gasteiger partial charge in [0, 0.05) is 12.1 Å². The first-order valence-corrected chi connectivity index (χ1v) is 8.31. The molecule has 3 nitrogen and oxygen atoms in total. The molecular formula is C18H17N3S. The smallest absolute Gasteiger partial charge is 0.195 e. The number of aryl methyl sites for hydroxylation is 1.